The summed E-state index contributed by atoms with van der Waals surface area (Å²) in [6.07, 6.45) is 0.289. The van der Waals surface area contributed by atoms with Gasteiger partial charge in [-0.25, -0.2) is 0 Å². The molecule has 0 saturated heterocycles. The minimum Gasteiger partial charge on any atom is -0.348 e. The van der Waals surface area contributed by atoms with Crippen LogP contribution in [-0.2, 0) is 11.5 Å². The Morgan fingerprint density at radius 2 is 1.83 bits per heavy atom. The lowest BCUT2D eigenvalue weighted by Gasteiger charge is -2.25. The molecule has 0 N–H and O–H groups in total. The third-order valence-electron chi connectivity index (χ3n) is 3.29. The number of hydrogen-bond acceptors (Lipinski definition) is 4. The van der Waals surface area contributed by atoms with Crippen LogP contribution >= 0.6 is 0 Å². The molecule has 0 aliphatic heterocycles. The smallest absolute Gasteiger partial charge is 0.348 e. The van der Waals surface area contributed by atoms with Crippen molar-refractivity contribution in [2.45, 2.75) is 12.8 Å². The van der Waals surface area contributed by atoms with Gasteiger partial charge in [0.2, 0.25) is 5.91 Å². The summed E-state index contributed by atoms with van der Waals surface area (Å²) in [7, 11) is 3.01. The van der Waals surface area contributed by atoms with Gasteiger partial charge in [0.25, 0.3) is 0 Å². The molecule has 0 bridgehead atoms. The number of aromatic nitrogens is 3. The average molecular weight is 341 g/mol. The van der Waals surface area contributed by atoms with Crippen molar-refractivity contribution in [3.8, 4) is 11.3 Å². The molecule has 0 fully saturated rings. The zero-order chi connectivity index (χ0) is 17.7. The van der Waals surface area contributed by atoms with Crippen LogP contribution in [0.2, 0.25) is 0 Å². The SMILES string of the molecule is CN(C)C(=O)CN(Cn1nccc1-c1ccncc1)CC(F)(F)F. The molecule has 9 heteroatoms. The van der Waals surface area contributed by atoms with Crippen molar-refractivity contribution in [1.82, 2.24) is 24.6 Å². The highest BCUT2D eigenvalue weighted by Gasteiger charge is 2.32. The van der Waals surface area contributed by atoms with Crippen LogP contribution in [0.4, 0.5) is 13.2 Å². The first-order chi connectivity index (χ1) is 11.3. The molecule has 0 unspecified atom stereocenters. The Morgan fingerprint density at radius 3 is 2.42 bits per heavy atom. The minimum atomic E-state index is -4.41. The van der Waals surface area contributed by atoms with Gasteiger partial charge in [-0.3, -0.25) is 19.4 Å². The molecule has 0 aromatic carbocycles. The van der Waals surface area contributed by atoms with Crippen LogP contribution in [0.1, 0.15) is 0 Å². The Balaban J connectivity index is 2.20. The minimum absolute atomic E-state index is 0.149. The second-order valence-corrected chi connectivity index (χ2v) is 5.48. The van der Waals surface area contributed by atoms with E-state index >= 15 is 0 Å². The van der Waals surface area contributed by atoms with Crippen LogP contribution in [0.25, 0.3) is 11.3 Å². The van der Waals surface area contributed by atoms with Crippen LogP contribution in [-0.4, -0.2) is 63.8 Å². The first-order valence-electron chi connectivity index (χ1n) is 7.18. The molecule has 0 aliphatic carbocycles. The van der Waals surface area contributed by atoms with Gasteiger partial charge in [-0.15, -0.1) is 0 Å². The van der Waals surface area contributed by atoms with Crippen molar-refractivity contribution < 1.29 is 18.0 Å². The van der Waals surface area contributed by atoms with Crippen molar-refractivity contribution in [2.24, 2.45) is 0 Å². The summed E-state index contributed by atoms with van der Waals surface area (Å²) in [5, 5.41) is 4.08. The summed E-state index contributed by atoms with van der Waals surface area (Å²) in [5.74, 6) is -0.406. The van der Waals surface area contributed by atoms with Crippen molar-refractivity contribution in [3.63, 3.8) is 0 Å². The van der Waals surface area contributed by atoms with E-state index in [2.05, 4.69) is 10.1 Å². The molecule has 2 aromatic rings. The molecular weight excluding hydrogens is 323 g/mol. The average Bonchev–Trinajstić information content (AvgIpc) is 2.94. The summed E-state index contributed by atoms with van der Waals surface area (Å²) in [5.41, 5.74) is 1.44. The molecule has 0 aliphatic rings. The topological polar surface area (TPSA) is 54.3 Å². The van der Waals surface area contributed by atoms with Gasteiger partial charge in [0.1, 0.15) is 0 Å². The molecule has 1 amide bonds. The Morgan fingerprint density at radius 1 is 1.17 bits per heavy atom. The third-order valence-corrected chi connectivity index (χ3v) is 3.29. The van der Waals surface area contributed by atoms with Gasteiger partial charge in [-0.05, 0) is 18.2 Å². The van der Waals surface area contributed by atoms with Gasteiger partial charge < -0.3 is 4.90 Å². The summed E-state index contributed by atoms with van der Waals surface area (Å²) in [6, 6.07) is 5.19. The van der Waals surface area contributed by atoms with E-state index in [4.69, 9.17) is 0 Å². The Bertz CT molecular complexity index is 669. The number of hydrogen-bond donors (Lipinski definition) is 0. The van der Waals surface area contributed by atoms with Gasteiger partial charge in [0.05, 0.1) is 25.5 Å². The van der Waals surface area contributed by atoms with Crippen LogP contribution in [0.15, 0.2) is 36.8 Å². The number of halogens is 3. The number of alkyl halides is 3. The van der Waals surface area contributed by atoms with Crippen molar-refractivity contribution in [3.05, 3.63) is 36.8 Å². The molecular formula is C15H18F3N5O. The number of likely N-dealkylation sites (N-methyl/N-ethyl adjacent to an activating group) is 1. The fourth-order valence-corrected chi connectivity index (χ4v) is 2.14. The van der Waals surface area contributed by atoms with Crippen LogP contribution in [0.3, 0.4) is 0 Å². The van der Waals surface area contributed by atoms with Crippen LogP contribution in [0.5, 0.6) is 0 Å². The van der Waals surface area contributed by atoms with Gasteiger partial charge in [0, 0.05) is 38.2 Å². The summed E-state index contributed by atoms with van der Waals surface area (Å²) < 4.78 is 39.8. The number of nitrogens with zero attached hydrogens (tertiary/aromatic N) is 5. The van der Waals surface area contributed by atoms with E-state index in [0.29, 0.717) is 5.69 Å². The predicted octanol–water partition coefficient (Wildman–Crippen LogP) is 1.86. The highest BCUT2D eigenvalue weighted by Crippen LogP contribution is 2.20. The predicted molar refractivity (Wildman–Crippen MR) is 81.8 cm³/mol. The number of carbonyl (C=O) groups is 1. The molecule has 130 valence electrons. The molecule has 24 heavy (non-hydrogen) atoms. The van der Waals surface area contributed by atoms with Gasteiger partial charge in [-0.2, -0.15) is 18.3 Å². The molecule has 0 saturated carbocycles. The van der Waals surface area contributed by atoms with Crippen molar-refractivity contribution in [2.75, 3.05) is 27.2 Å². The van der Waals surface area contributed by atoms with E-state index in [1.165, 1.54) is 29.9 Å². The first kappa shape index (κ1) is 17.9. The van der Waals surface area contributed by atoms with E-state index in [1.54, 1.807) is 30.6 Å². The number of carbonyl (C=O) groups excluding carboxylic acids is 1. The molecule has 0 spiro atoms. The standard InChI is InChI=1S/C15H18F3N5O/c1-21(2)14(24)9-22(10-15(16,17)18)11-23-13(5-8-20-23)12-3-6-19-7-4-12/h3-8H,9-11H2,1-2H3. The Kier molecular flexibility index (Phi) is 5.55. The van der Waals surface area contributed by atoms with E-state index in [0.717, 1.165) is 10.5 Å². The fourth-order valence-electron chi connectivity index (χ4n) is 2.14. The monoisotopic (exact) mass is 341 g/mol. The summed E-state index contributed by atoms with van der Waals surface area (Å²) in [4.78, 5) is 18.0. The maximum absolute atomic E-state index is 12.8. The normalized spacial score (nSPS) is 11.8. The molecule has 0 atom stereocenters. The summed E-state index contributed by atoms with van der Waals surface area (Å²) in [6.45, 7) is -1.69. The zero-order valence-corrected chi connectivity index (χ0v) is 13.4. The maximum atomic E-state index is 12.8. The maximum Gasteiger partial charge on any atom is 0.401 e. The fraction of sp³-hybridized carbons (Fsp3) is 0.400. The molecule has 2 rings (SSSR count). The second-order valence-electron chi connectivity index (χ2n) is 5.48. The third kappa shape index (κ3) is 5.05. The van der Waals surface area contributed by atoms with Gasteiger partial charge >= 0.3 is 6.18 Å². The van der Waals surface area contributed by atoms with E-state index in [1.807, 2.05) is 0 Å². The van der Waals surface area contributed by atoms with E-state index < -0.39 is 18.6 Å². The Labute approximate surface area is 137 Å². The highest BCUT2D eigenvalue weighted by molar-refractivity contribution is 5.77. The molecule has 6 nitrogen and oxygen atoms in total. The lowest BCUT2D eigenvalue weighted by Crippen LogP contribution is -2.42. The van der Waals surface area contributed by atoms with Gasteiger partial charge in [-0.1, -0.05) is 0 Å². The second kappa shape index (κ2) is 7.43. The first-order valence-corrected chi connectivity index (χ1v) is 7.18. The van der Waals surface area contributed by atoms with Crippen molar-refractivity contribution >= 4 is 5.91 Å². The molecule has 2 heterocycles. The largest absolute Gasteiger partial charge is 0.401 e. The summed E-state index contributed by atoms with van der Waals surface area (Å²) >= 11 is 0. The van der Waals surface area contributed by atoms with Gasteiger partial charge in [0.15, 0.2) is 0 Å². The highest BCUT2D eigenvalue weighted by atomic mass is 19.4. The van der Waals surface area contributed by atoms with E-state index in [9.17, 15) is 18.0 Å². The lowest BCUT2D eigenvalue weighted by atomic mass is 10.2. The molecule has 0 radical (unpaired) electrons. The number of rotatable bonds is 6. The Hall–Kier alpha value is -2.42. The number of amides is 1. The molecule has 2 aromatic heterocycles. The number of pyridine rings is 1. The van der Waals surface area contributed by atoms with Crippen molar-refractivity contribution in [1.29, 1.82) is 0 Å². The van der Waals surface area contributed by atoms with Crippen LogP contribution in [0, 0.1) is 0 Å². The zero-order valence-electron chi connectivity index (χ0n) is 13.4. The lowest BCUT2D eigenvalue weighted by molar-refractivity contribution is -0.154. The van der Waals surface area contributed by atoms with Crippen LogP contribution < -0.4 is 0 Å². The quantitative estimate of drug-likeness (QED) is 0.805. The van der Waals surface area contributed by atoms with E-state index in [-0.39, 0.29) is 13.2 Å².